The van der Waals surface area contributed by atoms with Gasteiger partial charge < -0.3 is 15.4 Å². The molecule has 0 bridgehead atoms. The van der Waals surface area contributed by atoms with Crippen molar-refractivity contribution in [1.82, 2.24) is 14.5 Å². The van der Waals surface area contributed by atoms with Gasteiger partial charge in [-0.3, -0.25) is 19.0 Å². The molecule has 2 N–H and O–H groups in total. The molecule has 0 fully saturated rings. The van der Waals surface area contributed by atoms with Crippen LogP contribution in [-0.2, 0) is 22.6 Å². The summed E-state index contributed by atoms with van der Waals surface area (Å²) in [6.07, 6.45) is 0.180. The average molecular weight is 473 g/mol. The minimum Gasteiger partial charge on any atom is -0.497 e. The third-order valence-corrected chi connectivity index (χ3v) is 5.56. The largest absolute Gasteiger partial charge is 0.497 e. The number of hydrogen-bond acceptors (Lipinski definition) is 5. The monoisotopic (exact) mass is 472 g/mol. The van der Waals surface area contributed by atoms with Crippen LogP contribution in [0.1, 0.15) is 5.56 Å². The summed E-state index contributed by atoms with van der Waals surface area (Å²) >= 11 is 0. The van der Waals surface area contributed by atoms with Gasteiger partial charge in [-0.15, -0.1) is 0 Å². The molecule has 2 amide bonds. The lowest BCUT2D eigenvalue weighted by Crippen LogP contribution is -2.40. The summed E-state index contributed by atoms with van der Waals surface area (Å²) in [7, 11) is 3.11. The summed E-state index contributed by atoms with van der Waals surface area (Å²) < 4.78 is 7.43. The van der Waals surface area contributed by atoms with Crippen molar-refractivity contribution in [2.24, 2.45) is 0 Å². The van der Waals surface area contributed by atoms with Crippen LogP contribution in [0.5, 0.6) is 5.75 Å². The van der Waals surface area contributed by atoms with Gasteiger partial charge >= 0.3 is 5.69 Å². The molecule has 35 heavy (non-hydrogen) atoms. The summed E-state index contributed by atoms with van der Waals surface area (Å²) in [6, 6.07) is 20.1. The number of carbonyl (C=O) groups is 2. The maximum absolute atomic E-state index is 13.4. The highest BCUT2D eigenvalue weighted by Crippen LogP contribution is 2.16. The van der Waals surface area contributed by atoms with E-state index in [1.165, 1.54) is 4.57 Å². The number of nitrogens with zero attached hydrogens (tertiary/aromatic N) is 2. The number of nitrogens with one attached hydrogen (secondary N) is 2. The smallest absolute Gasteiger partial charge is 0.336 e. The second-order valence-electron chi connectivity index (χ2n) is 7.82. The van der Waals surface area contributed by atoms with E-state index in [1.807, 2.05) is 0 Å². The number of carbonyl (C=O) groups excluding carboxylic acids is 2. The van der Waals surface area contributed by atoms with Crippen LogP contribution in [0.25, 0.3) is 16.6 Å². The minimum atomic E-state index is -0.641. The molecule has 1 aromatic heterocycles. The van der Waals surface area contributed by atoms with E-state index in [0.717, 1.165) is 10.1 Å². The first-order chi connectivity index (χ1) is 16.9. The van der Waals surface area contributed by atoms with E-state index < -0.39 is 17.2 Å². The topological polar surface area (TPSA) is 111 Å². The number of methoxy groups -OCH3 is 1. The summed E-state index contributed by atoms with van der Waals surface area (Å²) in [5, 5.41) is 5.62. The molecule has 0 saturated carbocycles. The number of ether oxygens (including phenoxy) is 1. The number of hydrogen-bond donors (Lipinski definition) is 2. The highest BCUT2D eigenvalue weighted by atomic mass is 16.5. The van der Waals surface area contributed by atoms with E-state index in [-0.39, 0.29) is 18.9 Å². The molecular weight excluding hydrogens is 448 g/mol. The third kappa shape index (κ3) is 4.98. The second-order valence-corrected chi connectivity index (χ2v) is 7.82. The van der Waals surface area contributed by atoms with Gasteiger partial charge in [0.2, 0.25) is 11.8 Å². The highest BCUT2D eigenvalue weighted by Gasteiger charge is 2.17. The fourth-order valence-electron chi connectivity index (χ4n) is 3.76. The van der Waals surface area contributed by atoms with Crippen LogP contribution in [0.2, 0.25) is 0 Å². The Kier molecular flexibility index (Phi) is 6.77. The molecule has 3 aromatic carbocycles. The Bertz CT molecular complexity index is 1500. The Morgan fingerprint density at radius 1 is 0.886 bits per heavy atom. The van der Waals surface area contributed by atoms with Gasteiger partial charge in [-0.2, -0.15) is 0 Å². The zero-order chi connectivity index (χ0) is 24.9. The van der Waals surface area contributed by atoms with Crippen LogP contribution in [0.15, 0.2) is 82.4 Å². The number of fused-ring (bicyclic) bond motifs is 1. The molecule has 0 spiro atoms. The van der Waals surface area contributed by atoms with Gasteiger partial charge in [0.05, 0.1) is 30.1 Å². The SMILES string of the molecule is CNC(=O)Cc1ccc(-n2c(=O)c3ccccc3n(CC(=O)Nc3ccc(OC)cc3)c2=O)cc1. The maximum Gasteiger partial charge on any atom is 0.336 e. The first kappa shape index (κ1) is 23.5. The molecule has 0 aliphatic rings. The molecule has 9 heteroatoms. The average Bonchev–Trinajstić information content (AvgIpc) is 2.88. The number of amides is 2. The zero-order valence-electron chi connectivity index (χ0n) is 19.3. The summed E-state index contributed by atoms with van der Waals surface area (Å²) in [4.78, 5) is 51.1. The van der Waals surface area contributed by atoms with Crippen molar-refractivity contribution < 1.29 is 14.3 Å². The fraction of sp³-hybridized carbons (Fsp3) is 0.154. The molecule has 0 aliphatic carbocycles. The molecule has 0 radical (unpaired) electrons. The molecule has 0 saturated heterocycles. The molecule has 4 rings (SSSR count). The molecule has 0 aliphatic heterocycles. The van der Waals surface area contributed by atoms with Crippen LogP contribution in [0.3, 0.4) is 0 Å². The highest BCUT2D eigenvalue weighted by molar-refractivity contribution is 5.91. The lowest BCUT2D eigenvalue weighted by Gasteiger charge is -2.14. The first-order valence-electron chi connectivity index (χ1n) is 10.9. The Labute approximate surface area is 200 Å². The molecule has 4 aromatic rings. The van der Waals surface area contributed by atoms with E-state index >= 15 is 0 Å². The Hall–Kier alpha value is -4.66. The van der Waals surface area contributed by atoms with E-state index in [0.29, 0.717) is 28.0 Å². The van der Waals surface area contributed by atoms with Crippen molar-refractivity contribution >= 4 is 28.4 Å². The Morgan fingerprint density at radius 3 is 2.23 bits per heavy atom. The number of likely N-dealkylation sites (N-methyl/N-ethyl adjacent to an activating group) is 1. The van der Waals surface area contributed by atoms with Crippen molar-refractivity contribution in [3.63, 3.8) is 0 Å². The maximum atomic E-state index is 13.4. The molecule has 0 atom stereocenters. The normalized spacial score (nSPS) is 10.7. The van der Waals surface area contributed by atoms with Crippen molar-refractivity contribution in [1.29, 1.82) is 0 Å². The van der Waals surface area contributed by atoms with Gasteiger partial charge in [0, 0.05) is 12.7 Å². The number of aromatic nitrogens is 2. The lowest BCUT2D eigenvalue weighted by atomic mass is 10.1. The molecule has 0 unspecified atom stereocenters. The number of rotatable bonds is 7. The standard InChI is InChI=1S/C26H24N4O5/c1-27-23(31)15-17-7-11-19(12-8-17)30-25(33)21-5-3-4-6-22(21)29(26(30)34)16-24(32)28-18-9-13-20(35-2)14-10-18/h3-14H,15-16H2,1-2H3,(H,27,31)(H,28,32). The van der Waals surface area contributed by atoms with Crippen molar-refractivity contribution in [2.45, 2.75) is 13.0 Å². The summed E-state index contributed by atoms with van der Waals surface area (Å²) in [6.45, 7) is -0.291. The Morgan fingerprint density at radius 2 is 1.57 bits per heavy atom. The Balaban J connectivity index is 1.72. The molecular formula is C26H24N4O5. The molecule has 1 heterocycles. The van der Waals surface area contributed by atoms with Gasteiger partial charge in [-0.05, 0) is 54.1 Å². The van der Waals surface area contributed by atoms with Crippen molar-refractivity contribution in [3.8, 4) is 11.4 Å². The van der Waals surface area contributed by atoms with Crippen LogP contribution < -0.4 is 26.6 Å². The van der Waals surface area contributed by atoms with Gasteiger partial charge in [-0.25, -0.2) is 9.36 Å². The summed E-state index contributed by atoms with van der Waals surface area (Å²) in [5.41, 5.74) is 0.860. The predicted octanol–water partition coefficient (Wildman–Crippen LogP) is 2.09. The van der Waals surface area contributed by atoms with Crippen LogP contribution in [0.4, 0.5) is 5.69 Å². The summed E-state index contributed by atoms with van der Waals surface area (Å²) in [5.74, 6) is 0.0815. The molecule has 178 valence electrons. The minimum absolute atomic E-state index is 0.147. The van der Waals surface area contributed by atoms with Crippen LogP contribution in [-0.4, -0.2) is 35.1 Å². The van der Waals surface area contributed by atoms with E-state index in [9.17, 15) is 19.2 Å². The van der Waals surface area contributed by atoms with Gasteiger partial charge in [0.15, 0.2) is 0 Å². The number of benzene rings is 3. The first-order valence-corrected chi connectivity index (χ1v) is 10.9. The third-order valence-electron chi connectivity index (χ3n) is 5.56. The van der Waals surface area contributed by atoms with E-state index in [1.54, 1.807) is 87.0 Å². The second kappa shape index (κ2) is 10.1. The number of para-hydroxylation sites is 1. The van der Waals surface area contributed by atoms with E-state index in [2.05, 4.69) is 10.6 Å². The van der Waals surface area contributed by atoms with Crippen molar-refractivity contribution in [3.05, 3.63) is 99.2 Å². The van der Waals surface area contributed by atoms with Crippen LogP contribution >= 0.6 is 0 Å². The van der Waals surface area contributed by atoms with Crippen LogP contribution in [0, 0.1) is 0 Å². The fourth-order valence-corrected chi connectivity index (χ4v) is 3.76. The van der Waals surface area contributed by atoms with Gasteiger partial charge in [-0.1, -0.05) is 24.3 Å². The van der Waals surface area contributed by atoms with Gasteiger partial charge in [0.1, 0.15) is 12.3 Å². The predicted molar refractivity (Wildman–Crippen MR) is 133 cm³/mol. The van der Waals surface area contributed by atoms with Crippen molar-refractivity contribution in [2.75, 3.05) is 19.5 Å². The van der Waals surface area contributed by atoms with E-state index in [4.69, 9.17) is 4.74 Å². The number of anilines is 1. The lowest BCUT2D eigenvalue weighted by molar-refractivity contribution is -0.120. The quantitative estimate of drug-likeness (QED) is 0.428. The van der Waals surface area contributed by atoms with Gasteiger partial charge in [0.25, 0.3) is 5.56 Å². The molecule has 9 nitrogen and oxygen atoms in total. The zero-order valence-corrected chi connectivity index (χ0v) is 19.3.